The number of carbonyl (C=O) groups excluding carboxylic acids is 1. The average molecular weight is 218 g/mol. The average Bonchev–Trinajstić information content (AvgIpc) is 2.99. The lowest BCUT2D eigenvalue weighted by Gasteiger charge is -2.04. The molecule has 0 unspecified atom stereocenters. The highest BCUT2D eigenvalue weighted by atomic mass is 19.1. The molecular weight excluding hydrogens is 207 g/mol. The van der Waals surface area contributed by atoms with Gasteiger partial charge in [0.2, 0.25) is 0 Å². The van der Waals surface area contributed by atoms with Crippen LogP contribution in [-0.2, 0) is 0 Å². The molecule has 1 fully saturated rings. The molecule has 0 aliphatic heterocycles. The van der Waals surface area contributed by atoms with E-state index in [0.29, 0.717) is 17.4 Å². The summed E-state index contributed by atoms with van der Waals surface area (Å²) in [6.07, 6.45) is 2.09. The largest absolute Gasteiger partial charge is 0.318 e. The van der Waals surface area contributed by atoms with Crippen molar-refractivity contribution in [1.82, 2.24) is 9.55 Å². The second-order valence-electron chi connectivity index (χ2n) is 4.23. The van der Waals surface area contributed by atoms with E-state index in [9.17, 15) is 9.18 Å². The van der Waals surface area contributed by atoms with Crippen LogP contribution < -0.4 is 0 Å². The van der Waals surface area contributed by atoms with E-state index in [4.69, 9.17) is 0 Å². The molecule has 82 valence electrons. The van der Waals surface area contributed by atoms with E-state index in [1.807, 2.05) is 4.57 Å². The number of fused-ring (bicyclic) bond motifs is 1. The van der Waals surface area contributed by atoms with Crippen LogP contribution >= 0.6 is 0 Å². The molecule has 1 aromatic carbocycles. The van der Waals surface area contributed by atoms with Crippen LogP contribution in [0.25, 0.3) is 11.0 Å². The number of nitrogens with zero attached hydrogens (tertiary/aromatic N) is 2. The van der Waals surface area contributed by atoms with Crippen molar-refractivity contribution in [2.24, 2.45) is 0 Å². The molecule has 0 N–H and O–H groups in total. The number of ketones is 1. The first-order chi connectivity index (χ1) is 7.66. The third kappa shape index (κ3) is 1.33. The van der Waals surface area contributed by atoms with Gasteiger partial charge in [-0.05, 0) is 31.0 Å². The first kappa shape index (κ1) is 9.51. The molecule has 0 bridgehead atoms. The molecule has 1 aliphatic rings. The van der Waals surface area contributed by atoms with Gasteiger partial charge < -0.3 is 4.57 Å². The maximum atomic E-state index is 13.2. The van der Waals surface area contributed by atoms with E-state index < -0.39 is 0 Å². The molecule has 1 heterocycles. The standard InChI is InChI=1S/C12H11FN2O/c1-7(16)12-14-10-5-2-8(13)6-11(10)15(12)9-3-4-9/h2,5-6,9H,3-4H2,1H3. The SMILES string of the molecule is CC(=O)c1nc2ccc(F)cc2n1C1CC1. The van der Waals surface area contributed by atoms with Crippen molar-refractivity contribution in [3.05, 3.63) is 29.8 Å². The lowest BCUT2D eigenvalue weighted by molar-refractivity contribution is 0.1000. The molecule has 0 amide bonds. The molecule has 1 aliphatic carbocycles. The monoisotopic (exact) mass is 218 g/mol. The van der Waals surface area contributed by atoms with Crippen molar-refractivity contribution >= 4 is 16.8 Å². The highest BCUT2D eigenvalue weighted by Gasteiger charge is 2.29. The highest BCUT2D eigenvalue weighted by molar-refractivity contribution is 5.94. The van der Waals surface area contributed by atoms with E-state index in [1.54, 1.807) is 6.07 Å². The van der Waals surface area contributed by atoms with Gasteiger partial charge in [0, 0.05) is 13.0 Å². The zero-order valence-electron chi connectivity index (χ0n) is 8.90. The summed E-state index contributed by atoms with van der Waals surface area (Å²) < 4.78 is 15.1. The third-order valence-corrected chi connectivity index (χ3v) is 2.88. The van der Waals surface area contributed by atoms with Crippen LogP contribution in [0.15, 0.2) is 18.2 Å². The van der Waals surface area contributed by atoms with Crippen LogP contribution in [0, 0.1) is 5.82 Å². The fourth-order valence-electron chi connectivity index (χ4n) is 2.02. The first-order valence-corrected chi connectivity index (χ1v) is 5.35. The van der Waals surface area contributed by atoms with Crippen molar-refractivity contribution in [3.8, 4) is 0 Å². The third-order valence-electron chi connectivity index (χ3n) is 2.88. The number of carbonyl (C=O) groups is 1. The summed E-state index contributed by atoms with van der Waals surface area (Å²) in [5.41, 5.74) is 1.42. The Morgan fingerprint density at radius 1 is 1.50 bits per heavy atom. The van der Waals surface area contributed by atoms with Gasteiger partial charge in [-0.1, -0.05) is 0 Å². The molecule has 0 spiro atoms. The predicted molar refractivity (Wildman–Crippen MR) is 58.0 cm³/mol. The molecule has 2 aromatic rings. The summed E-state index contributed by atoms with van der Waals surface area (Å²) in [4.78, 5) is 15.7. The minimum atomic E-state index is -0.288. The maximum Gasteiger partial charge on any atom is 0.195 e. The Balaban J connectivity index is 2.33. The predicted octanol–water partition coefficient (Wildman–Crippen LogP) is 2.71. The smallest absolute Gasteiger partial charge is 0.195 e. The van der Waals surface area contributed by atoms with Crippen molar-refractivity contribution in [2.45, 2.75) is 25.8 Å². The first-order valence-electron chi connectivity index (χ1n) is 5.35. The molecule has 0 atom stereocenters. The van der Waals surface area contributed by atoms with Crippen molar-refractivity contribution in [1.29, 1.82) is 0 Å². The van der Waals surface area contributed by atoms with Crippen molar-refractivity contribution < 1.29 is 9.18 Å². The second kappa shape index (κ2) is 3.14. The number of hydrogen-bond acceptors (Lipinski definition) is 2. The van der Waals surface area contributed by atoms with Gasteiger partial charge in [0.25, 0.3) is 0 Å². The molecule has 1 aromatic heterocycles. The fourth-order valence-corrected chi connectivity index (χ4v) is 2.02. The van der Waals surface area contributed by atoms with E-state index >= 15 is 0 Å². The van der Waals surface area contributed by atoms with Crippen LogP contribution in [-0.4, -0.2) is 15.3 Å². The summed E-state index contributed by atoms with van der Waals surface area (Å²) in [7, 11) is 0. The van der Waals surface area contributed by atoms with E-state index in [1.165, 1.54) is 19.1 Å². The summed E-state index contributed by atoms with van der Waals surface area (Å²) in [6.45, 7) is 1.50. The quantitative estimate of drug-likeness (QED) is 0.726. The lowest BCUT2D eigenvalue weighted by atomic mass is 10.3. The van der Waals surface area contributed by atoms with E-state index in [0.717, 1.165) is 18.4 Å². The van der Waals surface area contributed by atoms with Crippen molar-refractivity contribution in [3.63, 3.8) is 0 Å². The molecular formula is C12H11FN2O. The number of imidazole rings is 1. The lowest BCUT2D eigenvalue weighted by Crippen LogP contribution is -2.05. The summed E-state index contributed by atoms with van der Waals surface area (Å²) >= 11 is 0. The number of hydrogen-bond donors (Lipinski definition) is 0. The van der Waals surface area contributed by atoms with Crippen LogP contribution in [0.5, 0.6) is 0 Å². The van der Waals surface area contributed by atoms with Gasteiger partial charge >= 0.3 is 0 Å². The number of rotatable bonds is 2. The zero-order valence-corrected chi connectivity index (χ0v) is 8.90. The fraction of sp³-hybridized carbons (Fsp3) is 0.333. The summed E-state index contributed by atoms with van der Waals surface area (Å²) in [5, 5.41) is 0. The van der Waals surface area contributed by atoms with Crippen LogP contribution in [0.1, 0.15) is 36.4 Å². The van der Waals surface area contributed by atoms with Gasteiger partial charge in [-0.15, -0.1) is 0 Å². The normalized spacial score (nSPS) is 15.6. The summed E-state index contributed by atoms with van der Waals surface area (Å²) in [5.74, 6) is 0.0935. The Kier molecular flexibility index (Phi) is 1.87. The van der Waals surface area contributed by atoms with Crippen LogP contribution in [0.4, 0.5) is 4.39 Å². The van der Waals surface area contributed by atoms with E-state index in [-0.39, 0.29) is 11.6 Å². The van der Waals surface area contributed by atoms with Crippen LogP contribution in [0.2, 0.25) is 0 Å². The highest BCUT2D eigenvalue weighted by Crippen LogP contribution is 2.38. The van der Waals surface area contributed by atoms with Gasteiger partial charge in [0.15, 0.2) is 11.6 Å². The number of halogens is 1. The second-order valence-corrected chi connectivity index (χ2v) is 4.23. The van der Waals surface area contributed by atoms with Crippen LogP contribution in [0.3, 0.4) is 0 Å². The number of benzene rings is 1. The Hall–Kier alpha value is -1.71. The van der Waals surface area contributed by atoms with Gasteiger partial charge in [0.1, 0.15) is 5.82 Å². The number of aromatic nitrogens is 2. The van der Waals surface area contributed by atoms with Gasteiger partial charge in [-0.25, -0.2) is 9.37 Å². The molecule has 3 rings (SSSR count). The Bertz CT molecular complexity index is 584. The molecule has 4 heteroatoms. The minimum Gasteiger partial charge on any atom is -0.318 e. The van der Waals surface area contributed by atoms with Gasteiger partial charge in [0.05, 0.1) is 11.0 Å². The zero-order chi connectivity index (χ0) is 11.3. The van der Waals surface area contributed by atoms with Crippen molar-refractivity contribution in [2.75, 3.05) is 0 Å². The molecule has 16 heavy (non-hydrogen) atoms. The molecule has 3 nitrogen and oxygen atoms in total. The Morgan fingerprint density at radius 2 is 2.25 bits per heavy atom. The summed E-state index contributed by atoms with van der Waals surface area (Å²) in [6, 6.07) is 4.77. The van der Waals surface area contributed by atoms with Gasteiger partial charge in [-0.2, -0.15) is 0 Å². The molecule has 1 saturated carbocycles. The Morgan fingerprint density at radius 3 is 2.88 bits per heavy atom. The number of Topliss-reactive ketones (excluding diaryl/α,β-unsaturated/α-hetero) is 1. The molecule has 0 saturated heterocycles. The maximum absolute atomic E-state index is 13.2. The minimum absolute atomic E-state index is 0.0662. The van der Waals surface area contributed by atoms with Gasteiger partial charge in [-0.3, -0.25) is 4.79 Å². The molecule has 0 radical (unpaired) electrons. The Labute approximate surface area is 91.9 Å². The topological polar surface area (TPSA) is 34.9 Å². The van der Waals surface area contributed by atoms with E-state index in [2.05, 4.69) is 4.98 Å².